The Labute approximate surface area is 207 Å². The Hall–Kier alpha value is -4.37. The van der Waals surface area contributed by atoms with Crippen LogP contribution in [0.3, 0.4) is 0 Å². The summed E-state index contributed by atoms with van der Waals surface area (Å²) in [5, 5.41) is 9.52. The number of carbonyl (C=O) groups is 3. The minimum atomic E-state index is -0.971. The summed E-state index contributed by atoms with van der Waals surface area (Å²) in [4.78, 5) is 36.5. The summed E-state index contributed by atoms with van der Waals surface area (Å²) in [6.07, 6.45) is 1.31. The van der Waals surface area contributed by atoms with E-state index in [2.05, 4.69) is 21.2 Å². The SMILES string of the molecule is COc1ccccc1NC(=O)C(=O)N/N=C\c1ccccc1OCC(=O)Nc1cc(Cl)ccc1C. The molecule has 0 bridgehead atoms. The quantitative estimate of drug-likeness (QED) is 0.250. The number of ether oxygens (including phenoxy) is 2. The van der Waals surface area contributed by atoms with Gasteiger partial charge in [-0.1, -0.05) is 41.9 Å². The van der Waals surface area contributed by atoms with E-state index < -0.39 is 11.8 Å². The largest absolute Gasteiger partial charge is 0.495 e. The molecule has 3 amide bonds. The molecule has 3 N–H and O–H groups in total. The molecule has 0 heterocycles. The number of anilines is 2. The van der Waals surface area contributed by atoms with Crippen LogP contribution in [0.15, 0.2) is 71.8 Å². The van der Waals surface area contributed by atoms with Crippen LogP contribution in [0.4, 0.5) is 11.4 Å². The van der Waals surface area contributed by atoms with E-state index in [1.165, 1.54) is 13.3 Å². The molecule has 0 spiro atoms. The fourth-order valence-electron chi connectivity index (χ4n) is 2.92. The van der Waals surface area contributed by atoms with Gasteiger partial charge in [0, 0.05) is 16.3 Å². The Bertz CT molecular complexity index is 1260. The van der Waals surface area contributed by atoms with Gasteiger partial charge in [0.25, 0.3) is 5.91 Å². The lowest BCUT2D eigenvalue weighted by atomic mass is 10.2. The van der Waals surface area contributed by atoms with Gasteiger partial charge in [-0.15, -0.1) is 0 Å². The molecule has 3 aromatic carbocycles. The first-order valence-electron chi connectivity index (χ1n) is 10.4. The summed E-state index contributed by atoms with van der Waals surface area (Å²) >= 11 is 5.98. The van der Waals surface area contributed by atoms with Crippen LogP contribution in [0.5, 0.6) is 11.5 Å². The number of nitrogens with one attached hydrogen (secondary N) is 3. The molecular weight excluding hydrogens is 472 g/mol. The third kappa shape index (κ3) is 7.31. The summed E-state index contributed by atoms with van der Waals surface area (Å²) in [6, 6.07) is 18.7. The summed E-state index contributed by atoms with van der Waals surface area (Å²) < 4.78 is 10.7. The molecular formula is C25H23ClN4O5. The van der Waals surface area contributed by atoms with Gasteiger partial charge in [0.05, 0.1) is 19.0 Å². The standard InChI is InChI=1S/C25H23ClN4O5/c1-16-11-12-18(26)13-20(16)28-23(31)15-35-21-9-5-3-7-17(21)14-27-30-25(33)24(32)29-19-8-4-6-10-22(19)34-2/h3-14H,15H2,1-2H3,(H,28,31)(H,29,32)(H,30,33)/b27-14-. The highest BCUT2D eigenvalue weighted by atomic mass is 35.5. The second-order valence-electron chi connectivity index (χ2n) is 7.19. The normalized spacial score (nSPS) is 10.5. The Kier molecular flexibility index (Phi) is 8.80. The van der Waals surface area contributed by atoms with Crippen LogP contribution < -0.4 is 25.5 Å². The van der Waals surface area contributed by atoms with Crippen LogP contribution in [-0.4, -0.2) is 37.7 Å². The lowest BCUT2D eigenvalue weighted by Gasteiger charge is -2.11. The minimum Gasteiger partial charge on any atom is -0.495 e. The first-order chi connectivity index (χ1) is 16.9. The highest BCUT2D eigenvalue weighted by molar-refractivity contribution is 6.39. The highest BCUT2D eigenvalue weighted by Gasteiger charge is 2.15. The van der Waals surface area contributed by atoms with Gasteiger partial charge < -0.3 is 20.1 Å². The van der Waals surface area contributed by atoms with Gasteiger partial charge in [0.1, 0.15) is 11.5 Å². The smallest absolute Gasteiger partial charge is 0.329 e. The van der Waals surface area contributed by atoms with Gasteiger partial charge in [0.2, 0.25) is 0 Å². The van der Waals surface area contributed by atoms with Crippen molar-refractivity contribution in [2.45, 2.75) is 6.92 Å². The Morgan fingerprint density at radius 3 is 2.40 bits per heavy atom. The summed E-state index contributed by atoms with van der Waals surface area (Å²) in [5.74, 6) is -1.48. The molecule has 3 rings (SSSR count). The van der Waals surface area contributed by atoms with Gasteiger partial charge in [0.15, 0.2) is 6.61 Å². The van der Waals surface area contributed by atoms with Crippen molar-refractivity contribution in [3.63, 3.8) is 0 Å². The van der Waals surface area contributed by atoms with Crippen LogP contribution in [0.2, 0.25) is 5.02 Å². The van der Waals surface area contributed by atoms with E-state index in [0.29, 0.717) is 33.5 Å². The topological polar surface area (TPSA) is 118 Å². The fourth-order valence-corrected chi connectivity index (χ4v) is 3.09. The lowest BCUT2D eigenvalue weighted by molar-refractivity contribution is -0.136. The summed E-state index contributed by atoms with van der Waals surface area (Å²) in [5.41, 5.74) is 4.45. The molecule has 0 unspecified atom stereocenters. The van der Waals surface area contributed by atoms with Crippen molar-refractivity contribution in [2.75, 3.05) is 24.4 Å². The van der Waals surface area contributed by atoms with Crippen LogP contribution in [0.25, 0.3) is 0 Å². The number of halogens is 1. The van der Waals surface area contributed by atoms with Gasteiger partial charge >= 0.3 is 11.8 Å². The second-order valence-corrected chi connectivity index (χ2v) is 7.62. The van der Waals surface area contributed by atoms with E-state index in [1.54, 1.807) is 66.7 Å². The number of nitrogens with zero attached hydrogens (tertiary/aromatic N) is 1. The molecule has 0 fully saturated rings. The van der Waals surface area contributed by atoms with Gasteiger partial charge in [-0.25, -0.2) is 5.43 Å². The van der Waals surface area contributed by atoms with Crippen molar-refractivity contribution in [3.05, 3.63) is 82.9 Å². The van der Waals surface area contributed by atoms with Crippen molar-refractivity contribution in [1.29, 1.82) is 0 Å². The van der Waals surface area contributed by atoms with Crippen molar-refractivity contribution < 1.29 is 23.9 Å². The molecule has 180 valence electrons. The molecule has 10 heteroatoms. The molecule has 0 saturated heterocycles. The maximum absolute atomic E-state index is 12.3. The van der Waals surface area contributed by atoms with E-state index >= 15 is 0 Å². The average Bonchev–Trinajstić information content (AvgIpc) is 2.86. The van der Waals surface area contributed by atoms with Crippen molar-refractivity contribution in [3.8, 4) is 11.5 Å². The average molecular weight is 495 g/mol. The van der Waals surface area contributed by atoms with Crippen LogP contribution >= 0.6 is 11.6 Å². The Balaban J connectivity index is 1.56. The van der Waals surface area contributed by atoms with Crippen molar-refractivity contribution in [2.24, 2.45) is 5.10 Å². The third-order valence-electron chi connectivity index (χ3n) is 4.68. The predicted molar refractivity (Wildman–Crippen MR) is 134 cm³/mol. The number of hydrogen-bond donors (Lipinski definition) is 3. The van der Waals surface area contributed by atoms with Gasteiger partial charge in [-0.05, 0) is 48.9 Å². The number of para-hydroxylation sites is 3. The summed E-state index contributed by atoms with van der Waals surface area (Å²) in [6.45, 7) is 1.59. The van der Waals surface area contributed by atoms with E-state index in [9.17, 15) is 14.4 Å². The molecule has 0 aliphatic carbocycles. The number of carbonyl (C=O) groups excluding carboxylic acids is 3. The molecule has 0 aliphatic rings. The number of aryl methyl sites for hydroxylation is 1. The van der Waals surface area contributed by atoms with Gasteiger partial charge in [-0.2, -0.15) is 5.10 Å². The second kappa shape index (κ2) is 12.2. The van der Waals surface area contributed by atoms with Crippen molar-refractivity contribution in [1.82, 2.24) is 5.43 Å². The monoisotopic (exact) mass is 494 g/mol. The molecule has 0 aromatic heterocycles. The third-order valence-corrected chi connectivity index (χ3v) is 4.92. The number of methoxy groups -OCH3 is 1. The van der Waals surface area contributed by atoms with E-state index in [1.807, 2.05) is 6.92 Å². The van der Waals surface area contributed by atoms with E-state index in [0.717, 1.165) is 5.56 Å². The van der Waals surface area contributed by atoms with E-state index in [-0.39, 0.29) is 12.5 Å². The number of hydrazone groups is 1. The number of rotatable bonds is 8. The maximum Gasteiger partial charge on any atom is 0.329 e. The molecule has 35 heavy (non-hydrogen) atoms. The van der Waals surface area contributed by atoms with E-state index in [4.69, 9.17) is 21.1 Å². The fraction of sp³-hybridized carbons (Fsp3) is 0.120. The predicted octanol–water partition coefficient (Wildman–Crippen LogP) is 3.76. The highest BCUT2D eigenvalue weighted by Crippen LogP contribution is 2.23. The molecule has 9 nitrogen and oxygen atoms in total. The minimum absolute atomic E-state index is 0.259. The zero-order valence-corrected chi connectivity index (χ0v) is 19.8. The Morgan fingerprint density at radius 2 is 1.63 bits per heavy atom. The molecule has 0 aliphatic heterocycles. The van der Waals surface area contributed by atoms with Crippen LogP contribution in [0.1, 0.15) is 11.1 Å². The maximum atomic E-state index is 12.3. The van der Waals surface area contributed by atoms with Crippen LogP contribution in [-0.2, 0) is 14.4 Å². The number of amides is 3. The summed E-state index contributed by atoms with van der Waals surface area (Å²) in [7, 11) is 1.46. The Morgan fingerprint density at radius 1 is 0.914 bits per heavy atom. The molecule has 3 aromatic rings. The first-order valence-corrected chi connectivity index (χ1v) is 10.8. The number of hydrogen-bond acceptors (Lipinski definition) is 6. The zero-order valence-electron chi connectivity index (χ0n) is 19.0. The zero-order chi connectivity index (χ0) is 25.2. The molecule has 0 saturated carbocycles. The van der Waals surface area contributed by atoms with Crippen molar-refractivity contribution >= 4 is 46.9 Å². The molecule has 0 atom stereocenters. The molecule has 0 radical (unpaired) electrons. The van der Waals surface area contributed by atoms with Crippen LogP contribution in [0, 0.1) is 6.92 Å². The van der Waals surface area contributed by atoms with Gasteiger partial charge in [-0.3, -0.25) is 14.4 Å². The number of benzene rings is 3. The first kappa shape index (κ1) is 25.3. The lowest BCUT2D eigenvalue weighted by Crippen LogP contribution is -2.32.